The summed E-state index contributed by atoms with van der Waals surface area (Å²) in [5.41, 5.74) is -0.0835. The Bertz CT molecular complexity index is 364. The number of ether oxygens (including phenoxy) is 2. The zero-order valence-electron chi connectivity index (χ0n) is 11.3. The molecule has 0 bridgehead atoms. The number of rotatable bonds is 6. The summed E-state index contributed by atoms with van der Waals surface area (Å²) >= 11 is 0. The van der Waals surface area contributed by atoms with Gasteiger partial charge in [-0.05, 0) is 25.7 Å². The fourth-order valence-electron chi connectivity index (χ4n) is 2.75. The van der Waals surface area contributed by atoms with Crippen molar-refractivity contribution in [3.63, 3.8) is 0 Å². The predicted molar refractivity (Wildman–Crippen MR) is 69.5 cm³/mol. The van der Waals surface area contributed by atoms with Crippen molar-refractivity contribution in [2.75, 3.05) is 13.2 Å². The largest absolute Gasteiger partial charge is 0.478 e. The normalized spacial score (nSPS) is 27.4. The Morgan fingerprint density at radius 2 is 1.25 bits per heavy atom. The van der Waals surface area contributed by atoms with Gasteiger partial charge >= 0.3 is 11.9 Å². The van der Waals surface area contributed by atoms with E-state index in [1.54, 1.807) is 0 Å². The molecule has 2 unspecified atom stereocenters. The van der Waals surface area contributed by atoms with E-state index in [1.807, 2.05) is 0 Å². The summed E-state index contributed by atoms with van der Waals surface area (Å²) in [4.78, 5) is 22.8. The lowest BCUT2D eigenvalue weighted by atomic mass is 9.95. The first-order chi connectivity index (χ1) is 9.58. The van der Waals surface area contributed by atoms with Gasteiger partial charge in [-0.1, -0.05) is 0 Å². The molecule has 6 nitrogen and oxygen atoms in total. The second kappa shape index (κ2) is 6.85. The fourth-order valence-corrected chi connectivity index (χ4v) is 2.75. The van der Waals surface area contributed by atoms with Crippen LogP contribution in [0, 0.1) is 0 Å². The quantitative estimate of drug-likeness (QED) is 0.719. The number of carbonyl (C=O) groups is 2. The van der Waals surface area contributed by atoms with E-state index in [-0.39, 0.29) is 36.2 Å². The lowest BCUT2D eigenvalue weighted by molar-refractivity contribution is -0.136. The van der Waals surface area contributed by atoms with Gasteiger partial charge < -0.3 is 19.7 Å². The zero-order valence-corrected chi connectivity index (χ0v) is 11.3. The number of aliphatic carboxylic acids is 2. The molecule has 2 N–H and O–H groups in total. The van der Waals surface area contributed by atoms with E-state index < -0.39 is 11.9 Å². The van der Waals surface area contributed by atoms with Crippen LogP contribution in [0.15, 0.2) is 11.1 Å². The third-order valence-corrected chi connectivity index (χ3v) is 3.79. The van der Waals surface area contributed by atoms with Gasteiger partial charge in [-0.15, -0.1) is 0 Å². The van der Waals surface area contributed by atoms with E-state index in [0.717, 1.165) is 25.7 Å². The van der Waals surface area contributed by atoms with Gasteiger partial charge in [-0.25, -0.2) is 9.59 Å². The molecule has 0 aromatic rings. The van der Waals surface area contributed by atoms with Crippen LogP contribution >= 0.6 is 0 Å². The molecule has 0 aromatic heterocycles. The molecule has 2 saturated heterocycles. The molecule has 20 heavy (non-hydrogen) atoms. The smallest absolute Gasteiger partial charge is 0.332 e. The van der Waals surface area contributed by atoms with Crippen molar-refractivity contribution in [3.8, 4) is 0 Å². The molecule has 2 heterocycles. The maximum absolute atomic E-state index is 11.4. The first-order valence-corrected chi connectivity index (χ1v) is 6.99. The fraction of sp³-hybridized carbons (Fsp3) is 0.714. The summed E-state index contributed by atoms with van der Waals surface area (Å²) in [6.07, 6.45) is 3.30. The van der Waals surface area contributed by atoms with E-state index >= 15 is 0 Å². The second-order valence-corrected chi connectivity index (χ2v) is 5.25. The molecular weight excluding hydrogens is 264 g/mol. The summed E-state index contributed by atoms with van der Waals surface area (Å²) in [6, 6.07) is 0. The predicted octanol–water partition coefficient (Wildman–Crippen LogP) is 1.59. The summed E-state index contributed by atoms with van der Waals surface area (Å²) in [5.74, 6) is -2.34. The van der Waals surface area contributed by atoms with Gasteiger partial charge in [0.1, 0.15) is 0 Å². The van der Waals surface area contributed by atoms with Crippen LogP contribution < -0.4 is 0 Å². The molecule has 0 radical (unpaired) electrons. The molecule has 2 atom stereocenters. The Morgan fingerprint density at radius 3 is 1.50 bits per heavy atom. The molecule has 0 aliphatic carbocycles. The highest BCUT2D eigenvalue weighted by Gasteiger charge is 2.28. The van der Waals surface area contributed by atoms with Crippen molar-refractivity contribution in [1.29, 1.82) is 0 Å². The number of carboxylic acids is 2. The van der Waals surface area contributed by atoms with E-state index in [9.17, 15) is 19.8 Å². The Kier molecular flexibility index (Phi) is 5.14. The second-order valence-electron chi connectivity index (χ2n) is 5.25. The molecule has 2 aliphatic rings. The third-order valence-electron chi connectivity index (χ3n) is 3.79. The molecule has 6 heteroatoms. The summed E-state index contributed by atoms with van der Waals surface area (Å²) < 4.78 is 10.8. The number of carboxylic acid groups (broad SMARTS) is 2. The zero-order chi connectivity index (χ0) is 14.5. The Hall–Kier alpha value is -1.40. The average Bonchev–Trinajstić information content (AvgIpc) is 3.06. The number of hydrogen-bond donors (Lipinski definition) is 2. The minimum atomic E-state index is -1.17. The summed E-state index contributed by atoms with van der Waals surface area (Å²) in [6.45, 7) is 1.23. The van der Waals surface area contributed by atoms with Crippen molar-refractivity contribution >= 4 is 11.9 Å². The number of hydrogen-bond acceptors (Lipinski definition) is 4. The standard InChI is InChI=1S/C14H20O6/c15-13(16)11(7-9-3-1-5-19-9)12(14(17)18)8-10-4-2-6-20-10/h9-10H,1-8H2,(H,15,16)(H,17,18). The molecule has 2 aliphatic heterocycles. The maximum Gasteiger partial charge on any atom is 0.332 e. The Labute approximate surface area is 117 Å². The summed E-state index contributed by atoms with van der Waals surface area (Å²) in [5, 5.41) is 18.6. The van der Waals surface area contributed by atoms with E-state index in [2.05, 4.69) is 0 Å². The third kappa shape index (κ3) is 3.80. The molecule has 0 spiro atoms. The van der Waals surface area contributed by atoms with Gasteiger partial charge in [0.2, 0.25) is 0 Å². The highest BCUT2D eigenvalue weighted by molar-refractivity contribution is 5.98. The lowest BCUT2D eigenvalue weighted by Gasteiger charge is -2.15. The van der Waals surface area contributed by atoms with Crippen molar-refractivity contribution < 1.29 is 29.3 Å². The van der Waals surface area contributed by atoms with Gasteiger partial charge in [0.05, 0.1) is 23.4 Å². The minimum absolute atomic E-state index is 0.0418. The van der Waals surface area contributed by atoms with Crippen LogP contribution in [0.4, 0.5) is 0 Å². The van der Waals surface area contributed by atoms with Crippen LogP contribution in [0.3, 0.4) is 0 Å². The molecule has 0 saturated carbocycles. The molecule has 2 fully saturated rings. The van der Waals surface area contributed by atoms with Crippen LogP contribution in [0.1, 0.15) is 38.5 Å². The van der Waals surface area contributed by atoms with E-state index in [4.69, 9.17) is 9.47 Å². The molecule has 112 valence electrons. The van der Waals surface area contributed by atoms with Crippen molar-refractivity contribution in [1.82, 2.24) is 0 Å². The maximum atomic E-state index is 11.4. The minimum Gasteiger partial charge on any atom is -0.478 e. The van der Waals surface area contributed by atoms with Crippen LogP contribution in [0.5, 0.6) is 0 Å². The van der Waals surface area contributed by atoms with Gasteiger partial charge in [-0.2, -0.15) is 0 Å². The average molecular weight is 284 g/mol. The van der Waals surface area contributed by atoms with Crippen molar-refractivity contribution in [3.05, 3.63) is 11.1 Å². The Morgan fingerprint density at radius 1 is 0.850 bits per heavy atom. The van der Waals surface area contributed by atoms with Crippen LogP contribution in [0.25, 0.3) is 0 Å². The summed E-state index contributed by atoms with van der Waals surface area (Å²) in [7, 11) is 0. The van der Waals surface area contributed by atoms with E-state index in [0.29, 0.717) is 13.2 Å². The molecule has 0 aromatic carbocycles. The highest BCUT2D eigenvalue weighted by Crippen LogP contribution is 2.26. The Balaban J connectivity index is 2.16. The van der Waals surface area contributed by atoms with Crippen LogP contribution in [0.2, 0.25) is 0 Å². The monoisotopic (exact) mass is 284 g/mol. The lowest BCUT2D eigenvalue weighted by Crippen LogP contribution is -2.20. The van der Waals surface area contributed by atoms with Gasteiger partial charge in [-0.3, -0.25) is 0 Å². The first-order valence-electron chi connectivity index (χ1n) is 6.99. The SMILES string of the molecule is O=C(O)C(CC1CCCO1)=C(CC1CCCO1)C(=O)O. The van der Waals surface area contributed by atoms with Crippen molar-refractivity contribution in [2.24, 2.45) is 0 Å². The van der Waals surface area contributed by atoms with Gasteiger partial charge in [0.25, 0.3) is 0 Å². The topological polar surface area (TPSA) is 93.1 Å². The van der Waals surface area contributed by atoms with Crippen LogP contribution in [-0.4, -0.2) is 47.6 Å². The first kappa shape index (κ1) is 15.0. The van der Waals surface area contributed by atoms with E-state index in [1.165, 1.54) is 0 Å². The van der Waals surface area contributed by atoms with Crippen LogP contribution in [-0.2, 0) is 19.1 Å². The molecular formula is C14H20O6. The van der Waals surface area contributed by atoms with Gasteiger partial charge in [0, 0.05) is 26.1 Å². The van der Waals surface area contributed by atoms with Crippen molar-refractivity contribution in [2.45, 2.75) is 50.7 Å². The molecule has 2 rings (SSSR count). The van der Waals surface area contributed by atoms with Gasteiger partial charge in [0.15, 0.2) is 0 Å². The molecule has 0 amide bonds. The highest BCUT2D eigenvalue weighted by atomic mass is 16.5.